The predicted molar refractivity (Wildman–Crippen MR) is 253 cm³/mol. The topological polar surface area (TPSA) is 102 Å². The van der Waals surface area contributed by atoms with Crippen LogP contribution in [0.4, 0.5) is 0 Å². The highest BCUT2D eigenvalue weighted by molar-refractivity contribution is 5.69. The smallest absolute Gasteiger partial charge is 0.305 e. The fraction of sp³-hybridized carbons (Fsp3) is 0.885. The number of nitrogens with one attached hydrogen (secondary N) is 1. The number of nitrogens with two attached hydrogens (primary N) is 1. The zero-order valence-electron chi connectivity index (χ0n) is 38.7. The lowest BCUT2D eigenvalue weighted by atomic mass is 10.0. The van der Waals surface area contributed by atoms with E-state index >= 15 is 0 Å². The van der Waals surface area contributed by atoms with Gasteiger partial charge in [0.05, 0.1) is 6.61 Å². The number of carbonyl (C=O) groups is 2. The molecular formula is C52H100N2O4. The van der Waals surface area contributed by atoms with E-state index < -0.39 is 5.97 Å². The summed E-state index contributed by atoms with van der Waals surface area (Å²) in [7, 11) is 0. The van der Waals surface area contributed by atoms with Crippen LogP contribution in [0.25, 0.3) is 0 Å². The summed E-state index contributed by atoms with van der Waals surface area (Å²) in [5.41, 5.74) is 6.06. The molecule has 0 heterocycles. The van der Waals surface area contributed by atoms with Crippen LogP contribution < -0.4 is 11.1 Å². The maximum absolute atomic E-state index is 12.0. The Morgan fingerprint density at radius 2 is 0.845 bits per heavy atom. The minimum absolute atomic E-state index is 0.00634. The summed E-state index contributed by atoms with van der Waals surface area (Å²) in [6.07, 6.45) is 59.7. The third-order valence-corrected chi connectivity index (χ3v) is 11.8. The van der Waals surface area contributed by atoms with Crippen LogP contribution in [0.1, 0.15) is 270 Å². The Kier molecular flexibility index (Phi) is 48.3. The van der Waals surface area contributed by atoms with Gasteiger partial charge in [0, 0.05) is 25.4 Å². The van der Waals surface area contributed by atoms with Crippen LogP contribution in [0, 0.1) is 0 Å². The first-order valence-electron chi connectivity index (χ1n) is 25.7. The summed E-state index contributed by atoms with van der Waals surface area (Å²) in [6.45, 7) is 4.75. The van der Waals surface area contributed by atoms with Crippen molar-refractivity contribution in [1.29, 1.82) is 0 Å². The van der Waals surface area contributed by atoms with Crippen molar-refractivity contribution in [3.05, 3.63) is 24.3 Å². The van der Waals surface area contributed by atoms with Gasteiger partial charge >= 0.3 is 11.9 Å². The molecule has 0 saturated heterocycles. The van der Waals surface area contributed by atoms with E-state index in [0.29, 0.717) is 25.5 Å². The van der Waals surface area contributed by atoms with Gasteiger partial charge in [-0.2, -0.15) is 0 Å². The molecule has 0 aromatic rings. The van der Waals surface area contributed by atoms with Gasteiger partial charge in [-0.15, -0.1) is 0 Å². The molecule has 0 fully saturated rings. The normalized spacial score (nSPS) is 12.3. The number of allylic oxidation sites excluding steroid dienone is 4. The summed E-state index contributed by atoms with van der Waals surface area (Å²) >= 11 is 0. The van der Waals surface area contributed by atoms with Gasteiger partial charge in [-0.1, -0.05) is 198 Å². The van der Waals surface area contributed by atoms with Crippen LogP contribution >= 0.6 is 0 Å². The number of carboxylic acid groups (broad SMARTS) is 1. The zero-order valence-corrected chi connectivity index (χ0v) is 38.7. The lowest BCUT2D eigenvalue weighted by Crippen LogP contribution is -2.36. The van der Waals surface area contributed by atoms with Gasteiger partial charge in [0.2, 0.25) is 0 Å². The summed E-state index contributed by atoms with van der Waals surface area (Å²) < 4.78 is 5.45. The van der Waals surface area contributed by atoms with Crippen LogP contribution in [0.3, 0.4) is 0 Å². The number of carbonyl (C=O) groups excluding carboxylic acids is 1. The molecule has 0 aliphatic carbocycles. The van der Waals surface area contributed by atoms with E-state index in [4.69, 9.17) is 15.6 Å². The fourth-order valence-corrected chi connectivity index (χ4v) is 7.87. The molecule has 0 radical (unpaired) electrons. The molecule has 0 aromatic heterocycles. The van der Waals surface area contributed by atoms with Crippen molar-refractivity contribution >= 4 is 11.9 Å². The minimum Gasteiger partial charge on any atom is -0.481 e. The quantitative estimate of drug-likeness (QED) is 0.0321. The maximum atomic E-state index is 12.0. The standard InChI is InChI=1S/C52H100N2O4/c1-2-3-4-5-6-7-8-23-28-33-38-43-48-58-52(57)46-41-36-31-26-21-17-13-10-14-18-22-27-32-37-42-47-54-50(49-53)44-39-34-29-24-19-15-11-9-12-16-20-25-30-35-40-45-51(55)56/h9-10,12-13,50,54H,2-8,11,14-49,53H2,1H3,(H,55,56). The molecule has 0 spiro atoms. The molecule has 0 amide bonds. The third kappa shape index (κ3) is 48.7. The highest BCUT2D eigenvalue weighted by Gasteiger charge is 2.06. The number of unbranched alkanes of at least 4 members (excludes halogenated alkanes) is 33. The first kappa shape index (κ1) is 56.3. The van der Waals surface area contributed by atoms with Crippen molar-refractivity contribution in [3.8, 4) is 0 Å². The number of ether oxygens (including phenoxy) is 1. The van der Waals surface area contributed by atoms with Crippen molar-refractivity contribution in [2.24, 2.45) is 5.73 Å². The monoisotopic (exact) mass is 817 g/mol. The van der Waals surface area contributed by atoms with Gasteiger partial charge < -0.3 is 20.9 Å². The molecule has 0 rings (SSSR count). The molecule has 0 aromatic carbocycles. The average molecular weight is 817 g/mol. The SMILES string of the molecule is CCCCCCCCCCCCCCOC(=O)CCCCCCCC=CCCCCCCCCNC(CN)CCCCCCCCC=CCCCCCCCC(=O)O. The second kappa shape index (κ2) is 49.7. The molecule has 58 heavy (non-hydrogen) atoms. The maximum Gasteiger partial charge on any atom is 0.305 e. The molecule has 4 N–H and O–H groups in total. The van der Waals surface area contributed by atoms with E-state index in [1.165, 1.54) is 212 Å². The molecular weight excluding hydrogens is 717 g/mol. The molecule has 0 bridgehead atoms. The largest absolute Gasteiger partial charge is 0.481 e. The van der Waals surface area contributed by atoms with Gasteiger partial charge in [0.25, 0.3) is 0 Å². The third-order valence-electron chi connectivity index (χ3n) is 11.8. The number of hydrogen-bond acceptors (Lipinski definition) is 5. The number of rotatable bonds is 49. The Bertz CT molecular complexity index is 891. The second-order valence-electron chi connectivity index (χ2n) is 17.6. The molecule has 342 valence electrons. The summed E-state index contributed by atoms with van der Waals surface area (Å²) in [6, 6.07) is 0.482. The van der Waals surface area contributed by atoms with Gasteiger partial charge in [-0.25, -0.2) is 0 Å². The summed E-state index contributed by atoms with van der Waals surface area (Å²) in [5.74, 6) is -0.664. The highest BCUT2D eigenvalue weighted by atomic mass is 16.5. The van der Waals surface area contributed by atoms with Gasteiger partial charge in [-0.05, 0) is 90.0 Å². The average Bonchev–Trinajstić information content (AvgIpc) is 3.22. The van der Waals surface area contributed by atoms with Crippen molar-refractivity contribution in [1.82, 2.24) is 5.32 Å². The van der Waals surface area contributed by atoms with Gasteiger partial charge in [0.1, 0.15) is 0 Å². The molecule has 1 unspecified atom stereocenters. The minimum atomic E-state index is -0.670. The van der Waals surface area contributed by atoms with Crippen molar-refractivity contribution in [2.75, 3.05) is 19.7 Å². The van der Waals surface area contributed by atoms with Crippen molar-refractivity contribution < 1.29 is 19.4 Å². The Morgan fingerprint density at radius 1 is 0.483 bits per heavy atom. The van der Waals surface area contributed by atoms with Gasteiger partial charge in [-0.3, -0.25) is 9.59 Å². The van der Waals surface area contributed by atoms with E-state index in [-0.39, 0.29) is 5.97 Å². The molecule has 6 nitrogen and oxygen atoms in total. The molecule has 0 saturated carbocycles. The summed E-state index contributed by atoms with van der Waals surface area (Å²) in [5, 5.41) is 12.4. The Labute approximate surface area is 361 Å². The number of aliphatic carboxylic acids is 1. The molecule has 0 aliphatic heterocycles. The van der Waals surface area contributed by atoms with E-state index in [2.05, 4.69) is 36.5 Å². The Hall–Kier alpha value is -1.66. The number of hydrogen-bond donors (Lipinski definition) is 3. The first-order chi connectivity index (χ1) is 28.6. The van der Waals surface area contributed by atoms with Gasteiger partial charge in [0.15, 0.2) is 0 Å². The molecule has 6 heteroatoms. The van der Waals surface area contributed by atoms with Crippen LogP contribution in [-0.2, 0) is 14.3 Å². The summed E-state index contributed by atoms with van der Waals surface area (Å²) in [4.78, 5) is 22.5. The predicted octanol–water partition coefficient (Wildman–Crippen LogP) is 15.7. The molecule has 1 atom stereocenters. The van der Waals surface area contributed by atoms with E-state index in [1.54, 1.807) is 0 Å². The lowest BCUT2D eigenvalue weighted by molar-refractivity contribution is -0.144. The Balaban J connectivity index is 3.35. The number of esters is 1. The lowest BCUT2D eigenvalue weighted by Gasteiger charge is -2.16. The van der Waals surface area contributed by atoms with E-state index in [1.807, 2.05) is 0 Å². The van der Waals surface area contributed by atoms with Crippen LogP contribution in [-0.4, -0.2) is 42.8 Å². The van der Waals surface area contributed by atoms with Crippen LogP contribution in [0.15, 0.2) is 24.3 Å². The van der Waals surface area contributed by atoms with E-state index in [0.717, 1.165) is 51.6 Å². The molecule has 0 aliphatic rings. The van der Waals surface area contributed by atoms with Crippen molar-refractivity contribution in [3.63, 3.8) is 0 Å². The zero-order chi connectivity index (χ0) is 42.1. The fourth-order valence-electron chi connectivity index (χ4n) is 7.87. The van der Waals surface area contributed by atoms with Crippen LogP contribution in [0.2, 0.25) is 0 Å². The second-order valence-corrected chi connectivity index (χ2v) is 17.6. The van der Waals surface area contributed by atoms with Crippen LogP contribution in [0.5, 0.6) is 0 Å². The highest BCUT2D eigenvalue weighted by Crippen LogP contribution is 2.15. The number of carboxylic acids is 1. The Morgan fingerprint density at radius 3 is 1.28 bits per heavy atom. The van der Waals surface area contributed by atoms with E-state index in [9.17, 15) is 9.59 Å². The first-order valence-corrected chi connectivity index (χ1v) is 25.7. The van der Waals surface area contributed by atoms with Crippen molar-refractivity contribution in [2.45, 2.75) is 276 Å².